The summed E-state index contributed by atoms with van der Waals surface area (Å²) in [5.41, 5.74) is 3.23. The molecule has 3 N–H and O–H groups in total. The lowest BCUT2D eigenvalue weighted by molar-refractivity contribution is 0.0860. The van der Waals surface area contributed by atoms with Crippen molar-refractivity contribution in [2.24, 2.45) is 0 Å². The van der Waals surface area contributed by atoms with E-state index in [1.54, 1.807) is 12.3 Å². The van der Waals surface area contributed by atoms with Gasteiger partial charge in [-0.05, 0) is 23.6 Å². The van der Waals surface area contributed by atoms with Crippen molar-refractivity contribution in [1.82, 2.24) is 15.5 Å². The largest absolute Gasteiger partial charge is 0.386 e. The first kappa shape index (κ1) is 13.0. The van der Waals surface area contributed by atoms with Crippen LogP contribution in [0.5, 0.6) is 0 Å². The summed E-state index contributed by atoms with van der Waals surface area (Å²) in [6.07, 6.45) is 1.66. The molecule has 4 rings (SSSR count). The Balaban J connectivity index is 1.60. The molecule has 0 fully saturated rings. The molecular weight excluding hydrogens is 278 g/mol. The molecule has 0 saturated carbocycles. The second-order valence-electron chi connectivity index (χ2n) is 5.57. The molecule has 1 aliphatic carbocycles. The van der Waals surface area contributed by atoms with Gasteiger partial charge in [-0.25, -0.2) is 0 Å². The molecule has 0 unspecified atom stereocenters. The Labute approximate surface area is 127 Å². The third-order valence-electron chi connectivity index (χ3n) is 4.23. The summed E-state index contributed by atoms with van der Waals surface area (Å²) in [5.74, 6) is -0.202. The normalized spacial score (nSPS) is 20.0. The van der Waals surface area contributed by atoms with Crippen LogP contribution in [0.1, 0.15) is 27.6 Å². The van der Waals surface area contributed by atoms with Crippen molar-refractivity contribution < 1.29 is 9.90 Å². The molecule has 0 bridgehead atoms. The van der Waals surface area contributed by atoms with E-state index in [2.05, 4.69) is 15.5 Å². The van der Waals surface area contributed by atoms with Gasteiger partial charge in [0.1, 0.15) is 0 Å². The summed E-state index contributed by atoms with van der Waals surface area (Å²) in [5, 5.41) is 21.0. The summed E-state index contributed by atoms with van der Waals surface area (Å²) in [6.45, 7) is 0. The van der Waals surface area contributed by atoms with Crippen LogP contribution in [-0.4, -0.2) is 27.3 Å². The average Bonchev–Trinajstić information content (AvgIpc) is 3.13. The summed E-state index contributed by atoms with van der Waals surface area (Å²) >= 11 is 0. The predicted molar refractivity (Wildman–Crippen MR) is 82.5 cm³/mol. The fourth-order valence-corrected chi connectivity index (χ4v) is 3.11. The van der Waals surface area contributed by atoms with E-state index in [-0.39, 0.29) is 11.9 Å². The molecule has 0 saturated heterocycles. The third-order valence-corrected chi connectivity index (χ3v) is 4.23. The van der Waals surface area contributed by atoms with E-state index in [0.717, 1.165) is 16.5 Å². The smallest absolute Gasteiger partial charge is 0.253 e. The Morgan fingerprint density at radius 1 is 1.23 bits per heavy atom. The number of aromatic nitrogens is 2. The fraction of sp³-hybridized carbons (Fsp3) is 0.176. The third kappa shape index (κ3) is 1.98. The van der Waals surface area contributed by atoms with E-state index in [0.29, 0.717) is 17.5 Å². The summed E-state index contributed by atoms with van der Waals surface area (Å²) in [4.78, 5) is 12.5. The average molecular weight is 293 g/mol. The summed E-state index contributed by atoms with van der Waals surface area (Å²) < 4.78 is 0. The standard InChI is InChI=1S/C17H15N3O2/c21-16-12-6-2-1-4-10(12)8-14(16)19-17(22)13-7-3-5-11-9-18-20-15(11)13/h1-7,9,14,16,21H,8H2,(H,18,20)(H,19,22)/t14-,16+/m0/s1. The number of nitrogens with one attached hydrogen (secondary N) is 2. The molecule has 5 heteroatoms. The van der Waals surface area contributed by atoms with E-state index in [1.165, 1.54) is 0 Å². The first-order valence-electron chi connectivity index (χ1n) is 7.23. The van der Waals surface area contributed by atoms with Crippen LogP contribution in [0, 0.1) is 0 Å². The highest BCUT2D eigenvalue weighted by molar-refractivity contribution is 6.05. The van der Waals surface area contributed by atoms with Gasteiger partial charge in [-0.2, -0.15) is 5.10 Å². The van der Waals surface area contributed by atoms with Crippen LogP contribution in [0.2, 0.25) is 0 Å². The molecule has 0 aliphatic heterocycles. The van der Waals surface area contributed by atoms with Crippen LogP contribution in [0.25, 0.3) is 10.9 Å². The number of nitrogens with zero attached hydrogens (tertiary/aromatic N) is 1. The molecule has 0 radical (unpaired) electrons. The number of carbonyl (C=O) groups is 1. The van der Waals surface area contributed by atoms with Crippen molar-refractivity contribution in [1.29, 1.82) is 0 Å². The van der Waals surface area contributed by atoms with Crippen LogP contribution >= 0.6 is 0 Å². The van der Waals surface area contributed by atoms with Crippen molar-refractivity contribution in [3.8, 4) is 0 Å². The molecule has 1 heterocycles. The number of aliphatic hydroxyl groups excluding tert-OH is 1. The lowest BCUT2D eigenvalue weighted by atomic mass is 10.1. The number of amides is 1. The van der Waals surface area contributed by atoms with Crippen molar-refractivity contribution in [2.45, 2.75) is 18.6 Å². The van der Waals surface area contributed by atoms with E-state index < -0.39 is 6.10 Å². The highest BCUT2D eigenvalue weighted by Gasteiger charge is 2.32. The molecule has 5 nitrogen and oxygen atoms in total. The van der Waals surface area contributed by atoms with Crippen molar-refractivity contribution >= 4 is 16.8 Å². The van der Waals surface area contributed by atoms with Gasteiger partial charge in [0.2, 0.25) is 0 Å². The Morgan fingerprint density at radius 3 is 2.95 bits per heavy atom. The Bertz CT molecular complexity index is 856. The van der Waals surface area contributed by atoms with Crippen LogP contribution in [0.15, 0.2) is 48.7 Å². The van der Waals surface area contributed by atoms with Gasteiger partial charge >= 0.3 is 0 Å². The van der Waals surface area contributed by atoms with E-state index in [9.17, 15) is 9.90 Å². The highest BCUT2D eigenvalue weighted by atomic mass is 16.3. The first-order chi connectivity index (χ1) is 10.7. The van der Waals surface area contributed by atoms with E-state index in [1.807, 2.05) is 36.4 Å². The zero-order chi connectivity index (χ0) is 15.1. The van der Waals surface area contributed by atoms with Gasteiger partial charge in [0.15, 0.2) is 0 Å². The molecule has 1 aliphatic rings. The van der Waals surface area contributed by atoms with Gasteiger partial charge in [0, 0.05) is 5.39 Å². The minimum Gasteiger partial charge on any atom is -0.386 e. The monoisotopic (exact) mass is 293 g/mol. The van der Waals surface area contributed by atoms with Gasteiger partial charge in [-0.15, -0.1) is 0 Å². The predicted octanol–water partition coefficient (Wildman–Crippen LogP) is 1.95. The first-order valence-corrected chi connectivity index (χ1v) is 7.23. The molecule has 22 heavy (non-hydrogen) atoms. The lowest BCUT2D eigenvalue weighted by Gasteiger charge is -2.17. The number of H-pyrrole nitrogens is 1. The van der Waals surface area contributed by atoms with Crippen LogP contribution < -0.4 is 5.32 Å². The van der Waals surface area contributed by atoms with Crippen molar-refractivity contribution in [3.63, 3.8) is 0 Å². The molecule has 2 atom stereocenters. The molecule has 0 spiro atoms. The Hall–Kier alpha value is -2.66. The van der Waals surface area contributed by atoms with Gasteiger partial charge in [0.25, 0.3) is 5.91 Å². The minimum atomic E-state index is -0.666. The number of rotatable bonds is 2. The minimum absolute atomic E-state index is 0.202. The Kier molecular flexibility index (Phi) is 2.94. The van der Waals surface area contributed by atoms with Crippen molar-refractivity contribution in [2.75, 3.05) is 0 Å². The fourth-order valence-electron chi connectivity index (χ4n) is 3.11. The van der Waals surface area contributed by atoms with Gasteiger partial charge in [0.05, 0.1) is 29.4 Å². The summed E-state index contributed by atoms with van der Waals surface area (Å²) in [6, 6.07) is 12.9. The highest BCUT2D eigenvalue weighted by Crippen LogP contribution is 2.31. The maximum absolute atomic E-state index is 12.5. The number of hydrogen-bond donors (Lipinski definition) is 3. The quantitative estimate of drug-likeness (QED) is 0.676. The molecule has 2 aromatic carbocycles. The number of para-hydroxylation sites is 1. The zero-order valence-corrected chi connectivity index (χ0v) is 11.8. The maximum atomic E-state index is 12.5. The van der Waals surface area contributed by atoms with E-state index >= 15 is 0 Å². The zero-order valence-electron chi connectivity index (χ0n) is 11.8. The number of aromatic amines is 1. The SMILES string of the molecule is O=C(N[C@H]1Cc2ccccc2[C@H]1O)c1cccc2cn[nH]c12. The molecule has 1 amide bonds. The molecular formula is C17H15N3O2. The van der Waals surface area contributed by atoms with Crippen molar-refractivity contribution in [3.05, 3.63) is 65.4 Å². The topological polar surface area (TPSA) is 78.0 Å². The lowest BCUT2D eigenvalue weighted by Crippen LogP contribution is -2.37. The summed E-state index contributed by atoms with van der Waals surface area (Å²) in [7, 11) is 0. The van der Waals surface area contributed by atoms with E-state index in [4.69, 9.17) is 0 Å². The second-order valence-corrected chi connectivity index (χ2v) is 5.57. The maximum Gasteiger partial charge on any atom is 0.253 e. The number of fused-ring (bicyclic) bond motifs is 2. The van der Waals surface area contributed by atoms with Gasteiger partial charge in [-0.3, -0.25) is 9.89 Å². The number of carbonyl (C=O) groups excluding carboxylic acids is 1. The van der Waals surface area contributed by atoms with Crippen LogP contribution in [0.3, 0.4) is 0 Å². The molecule has 1 aromatic heterocycles. The second kappa shape index (κ2) is 4.96. The molecule has 110 valence electrons. The van der Waals surface area contributed by atoms with Crippen LogP contribution in [0.4, 0.5) is 0 Å². The van der Waals surface area contributed by atoms with Gasteiger partial charge in [-0.1, -0.05) is 36.4 Å². The van der Waals surface area contributed by atoms with Crippen LogP contribution in [-0.2, 0) is 6.42 Å². The Morgan fingerprint density at radius 2 is 2.09 bits per heavy atom. The number of hydrogen-bond acceptors (Lipinski definition) is 3. The number of benzene rings is 2. The number of aliphatic hydroxyl groups is 1. The van der Waals surface area contributed by atoms with Gasteiger partial charge < -0.3 is 10.4 Å². The molecule has 3 aromatic rings.